The highest BCUT2D eigenvalue weighted by Gasteiger charge is 2.31. The summed E-state index contributed by atoms with van der Waals surface area (Å²) in [7, 11) is 2.81. The van der Waals surface area contributed by atoms with Gasteiger partial charge < -0.3 is 56.0 Å². The summed E-state index contributed by atoms with van der Waals surface area (Å²) in [5, 5.41) is 101. The predicted octanol–water partition coefficient (Wildman–Crippen LogP) is -1.44. The van der Waals surface area contributed by atoms with Gasteiger partial charge in [0.25, 0.3) is 0 Å². The van der Waals surface area contributed by atoms with Gasteiger partial charge >= 0.3 is 0 Å². The molecule has 3 aromatic carbocycles. The van der Waals surface area contributed by atoms with Crippen LogP contribution in [0, 0.1) is 0 Å². The van der Waals surface area contributed by atoms with Gasteiger partial charge in [-0.25, -0.2) is 0 Å². The summed E-state index contributed by atoms with van der Waals surface area (Å²) in [4.78, 5) is 2.84. The standard InChI is InChI=1S/C18H15B2NO10/c19-5-1(4-12(25)16(29)18(31)17(30)13(4)26)9(22)10(23)2-3-8(21-7(2)5)6(20)14(27)15(28)11(3)24/h21-31H,19-20H2. The maximum Gasteiger partial charge on any atom is 0.208 e. The topological polar surface area (TPSA) is 218 Å². The molecule has 0 spiro atoms. The molecule has 0 aliphatic heterocycles. The number of rotatable bonds is 1. The van der Waals surface area contributed by atoms with E-state index in [0.29, 0.717) is 0 Å². The van der Waals surface area contributed by atoms with Crippen molar-refractivity contribution in [1.82, 2.24) is 4.98 Å². The second kappa shape index (κ2) is 6.05. The van der Waals surface area contributed by atoms with Gasteiger partial charge in [0.1, 0.15) is 15.7 Å². The maximum atomic E-state index is 10.7. The molecule has 1 aromatic heterocycles. The Balaban J connectivity index is 2.27. The molecule has 11 N–H and O–H groups in total. The summed E-state index contributed by atoms with van der Waals surface area (Å²) in [6.07, 6.45) is 0. The number of aromatic nitrogens is 1. The van der Waals surface area contributed by atoms with E-state index in [1.165, 1.54) is 15.7 Å². The molecule has 11 nitrogen and oxygen atoms in total. The van der Waals surface area contributed by atoms with Crippen LogP contribution >= 0.6 is 0 Å². The SMILES string of the molecule is Bc1c(O)c(O)c(O)c2c1[nH]c1c(B)c(-c3c(O)c(O)c(O)c(O)c3O)c(O)c(O)c12. The molecule has 13 heteroatoms. The predicted molar refractivity (Wildman–Crippen MR) is 114 cm³/mol. The van der Waals surface area contributed by atoms with Gasteiger partial charge in [0.15, 0.2) is 40.2 Å². The van der Waals surface area contributed by atoms with Gasteiger partial charge in [-0.3, -0.25) is 0 Å². The first-order valence-corrected chi connectivity index (χ1v) is 8.74. The van der Waals surface area contributed by atoms with Crippen molar-refractivity contribution in [1.29, 1.82) is 0 Å². The first-order chi connectivity index (χ1) is 14.4. The Bertz CT molecular complexity index is 1430. The van der Waals surface area contributed by atoms with E-state index in [0.717, 1.165) is 0 Å². The molecule has 0 unspecified atom stereocenters. The molecule has 0 radical (unpaired) electrons. The molecule has 0 atom stereocenters. The Morgan fingerprint density at radius 3 is 1.26 bits per heavy atom. The minimum atomic E-state index is -1.20. The van der Waals surface area contributed by atoms with Gasteiger partial charge in [-0.1, -0.05) is 5.46 Å². The minimum Gasteiger partial charge on any atom is -0.505 e. The van der Waals surface area contributed by atoms with Crippen molar-refractivity contribution in [3.63, 3.8) is 0 Å². The Kier molecular flexibility index (Phi) is 3.88. The van der Waals surface area contributed by atoms with Crippen molar-refractivity contribution in [2.75, 3.05) is 0 Å². The molecule has 31 heavy (non-hydrogen) atoms. The van der Waals surface area contributed by atoms with Crippen molar-refractivity contribution in [3.8, 4) is 68.6 Å². The third-order valence-electron chi connectivity index (χ3n) is 5.48. The zero-order valence-corrected chi connectivity index (χ0v) is 16.0. The molecule has 0 aliphatic carbocycles. The van der Waals surface area contributed by atoms with Gasteiger partial charge in [0.2, 0.25) is 17.2 Å². The van der Waals surface area contributed by atoms with Crippen LogP contribution in [0.5, 0.6) is 57.5 Å². The van der Waals surface area contributed by atoms with Crippen LogP contribution in [-0.4, -0.2) is 71.7 Å². The molecular weight excluding hydrogens is 412 g/mol. The van der Waals surface area contributed by atoms with Crippen molar-refractivity contribution in [2.45, 2.75) is 0 Å². The van der Waals surface area contributed by atoms with Gasteiger partial charge in [-0.05, 0) is 5.46 Å². The number of H-pyrrole nitrogens is 1. The van der Waals surface area contributed by atoms with E-state index in [1.54, 1.807) is 0 Å². The average Bonchev–Trinajstić information content (AvgIpc) is 3.15. The fourth-order valence-corrected chi connectivity index (χ4v) is 3.83. The van der Waals surface area contributed by atoms with E-state index in [2.05, 4.69) is 4.98 Å². The largest absolute Gasteiger partial charge is 0.505 e. The number of fused-ring (bicyclic) bond motifs is 3. The van der Waals surface area contributed by atoms with Gasteiger partial charge in [0, 0.05) is 16.6 Å². The average molecular weight is 427 g/mol. The van der Waals surface area contributed by atoms with Crippen LogP contribution in [0.1, 0.15) is 0 Å². The molecule has 0 bridgehead atoms. The van der Waals surface area contributed by atoms with E-state index in [9.17, 15) is 51.1 Å². The zero-order chi connectivity index (χ0) is 23.1. The summed E-state index contributed by atoms with van der Waals surface area (Å²) in [5.74, 6) is -9.69. The number of phenols is 10. The number of nitrogens with one attached hydrogen (secondary N) is 1. The fraction of sp³-hybridized carbons (Fsp3) is 0. The van der Waals surface area contributed by atoms with Crippen LogP contribution in [0.15, 0.2) is 0 Å². The highest BCUT2D eigenvalue weighted by molar-refractivity contribution is 6.47. The van der Waals surface area contributed by atoms with Crippen molar-refractivity contribution >= 4 is 48.4 Å². The number of aromatic hydroxyl groups is 10. The molecule has 0 saturated carbocycles. The molecule has 4 aromatic rings. The molecule has 0 aliphatic rings. The van der Waals surface area contributed by atoms with Gasteiger partial charge in [-0.2, -0.15) is 0 Å². The lowest BCUT2D eigenvalue weighted by Gasteiger charge is -2.17. The van der Waals surface area contributed by atoms with Crippen LogP contribution in [0.2, 0.25) is 0 Å². The number of hydrogen-bond donors (Lipinski definition) is 11. The first-order valence-electron chi connectivity index (χ1n) is 8.74. The normalized spacial score (nSPS) is 11.5. The van der Waals surface area contributed by atoms with Crippen LogP contribution in [-0.2, 0) is 0 Å². The van der Waals surface area contributed by atoms with Crippen molar-refractivity contribution < 1.29 is 51.1 Å². The molecular formula is C18H15B2NO10. The molecule has 0 saturated heterocycles. The van der Waals surface area contributed by atoms with E-state index in [4.69, 9.17) is 0 Å². The Morgan fingerprint density at radius 1 is 0.387 bits per heavy atom. The van der Waals surface area contributed by atoms with E-state index < -0.39 is 68.6 Å². The summed E-state index contributed by atoms with van der Waals surface area (Å²) in [6, 6.07) is 0. The summed E-state index contributed by atoms with van der Waals surface area (Å²) in [5.41, 5.74) is -0.744. The van der Waals surface area contributed by atoms with Crippen LogP contribution in [0.4, 0.5) is 0 Å². The molecule has 0 fully saturated rings. The number of phenolic OH excluding ortho intramolecular Hbond substituents is 10. The Labute approximate surface area is 173 Å². The van der Waals surface area contributed by atoms with Gasteiger partial charge in [-0.15, -0.1) is 0 Å². The van der Waals surface area contributed by atoms with E-state index in [-0.39, 0.29) is 32.7 Å². The third kappa shape index (κ3) is 2.25. The Hall–Kier alpha value is -4.41. The fourth-order valence-electron chi connectivity index (χ4n) is 3.83. The number of aromatic amines is 1. The van der Waals surface area contributed by atoms with Crippen molar-refractivity contribution in [2.24, 2.45) is 0 Å². The molecule has 1 heterocycles. The van der Waals surface area contributed by atoms with Gasteiger partial charge in [0.05, 0.1) is 16.3 Å². The summed E-state index contributed by atoms with van der Waals surface area (Å²) >= 11 is 0. The van der Waals surface area contributed by atoms with Crippen LogP contribution in [0.25, 0.3) is 32.9 Å². The highest BCUT2D eigenvalue weighted by atomic mass is 16.4. The second-order valence-corrected chi connectivity index (χ2v) is 7.11. The van der Waals surface area contributed by atoms with Crippen LogP contribution < -0.4 is 10.9 Å². The third-order valence-corrected chi connectivity index (χ3v) is 5.48. The van der Waals surface area contributed by atoms with Crippen molar-refractivity contribution in [3.05, 3.63) is 0 Å². The number of benzene rings is 3. The molecule has 4 rings (SSSR count). The quantitative estimate of drug-likeness (QED) is 0.0966. The smallest absolute Gasteiger partial charge is 0.208 e. The summed E-state index contributed by atoms with van der Waals surface area (Å²) < 4.78 is 0. The lowest BCUT2D eigenvalue weighted by molar-refractivity contribution is 0.329. The van der Waals surface area contributed by atoms with Crippen LogP contribution in [0.3, 0.4) is 0 Å². The monoisotopic (exact) mass is 427 g/mol. The zero-order valence-electron chi connectivity index (χ0n) is 16.0. The lowest BCUT2D eigenvalue weighted by atomic mass is 9.82. The summed E-state index contributed by atoms with van der Waals surface area (Å²) in [6.45, 7) is 0. The second-order valence-electron chi connectivity index (χ2n) is 7.11. The highest BCUT2D eigenvalue weighted by Crippen LogP contribution is 2.57. The molecule has 0 amide bonds. The minimum absolute atomic E-state index is 0.0642. The molecule has 158 valence electrons. The first kappa shape index (κ1) is 19.9. The van der Waals surface area contributed by atoms with E-state index in [1.807, 2.05) is 0 Å². The maximum absolute atomic E-state index is 10.7. The lowest BCUT2D eigenvalue weighted by Crippen LogP contribution is -2.10. The Morgan fingerprint density at radius 2 is 0.742 bits per heavy atom. The number of hydrogen-bond acceptors (Lipinski definition) is 10. The van der Waals surface area contributed by atoms with E-state index >= 15 is 0 Å².